The van der Waals surface area contributed by atoms with E-state index in [0.717, 1.165) is 11.1 Å². The van der Waals surface area contributed by atoms with Crippen LogP contribution >= 0.6 is 0 Å². The predicted octanol–water partition coefficient (Wildman–Crippen LogP) is 2.74. The summed E-state index contributed by atoms with van der Waals surface area (Å²) in [7, 11) is 0. The lowest BCUT2D eigenvalue weighted by Gasteiger charge is -2.25. The zero-order chi connectivity index (χ0) is 37.9. The lowest BCUT2D eigenvalue weighted by atomic mass is 9.89. The van der Waals surface area contributed by atoms with Crippen LogP contribution in [0.4, 0.5) is 0 Å². The summed E-state index contributed by atoms with van der Waals surface area (Å²) in [5.41, 5.74) is 13.0. The first-order valence-corrected chi connectivity index (χ1v) is 17.7. The Morgan fingerprint density at radius 3 is 1.82 bits per heavy atom. The average Bonchev–Trinajstić information content (AvgIpc) is 3.08. The van der Waals surface area contributed by atoms with E-state index in [1.54, 1.807) is 13.8 Å². The smallest absolute Gasteiger partial charge is 0.224 e. The zero-order valence-electron chi connectivity index (χ0n) is 30.3. The van der Waals surface area contributed by atoms with Crippen LogP contribution in [-0.4, -0.2) is 65.6 Å². The molecule has 12 heteroatoms. The van der Waals surface area contributed by atoms with Crippen LogP contribution in [0.1, 0.15) is 83.8 Å². The maximum Gasteiger partial charge on any atom is 0.224 e. The molecular weight excluding hydrogens is 650 g/mol. The molecule has 2 aromatic carbocycles. The van der Waals surface area contributed by atoms with Crippen LogP contribution in [0.15, 0.2) is 60.7 Å². The highest BCUT2D eigenvalue weighted by Crippen LogP contribution is 2.19. The normalized spacial score (nSPS) is 14.0. The van der Waals surface area contributed by atoms with E-state index in [1.807, 2.05) is 60.7 Å². The number of ketones is 3. The van der Waals surface area contributed by atoms with Crippen molar-refractivity contribution in [1.82, 2.24) is 16.0 Å². The van der Waals surface area contributed by atoms with Gasteiger partial charge in [0.1, 0.15) is 0 Å². The van der Waals surface area contributed by atoms with E-state index in [2.05, 4.69) is 16.0 Å². The number of rotatable bonds is 24. The molecule has 0 aliphatic carbocycles. The van der Waals surface area contributed by atoms with Crippen LogP contribution in [0.25, 0.3) is 0 Å². The van der Waals surface area contributed by atoms with E-state index < -0.39 is 59.9 Å². The molecular formula is C39H55N5O7. The molecule has 2 aromatic rings. The maximum absolute atomic E-state index is 13.9. The third-order valence-corrected chi connectivity index (χ3v) is 8.78. The maximum atomic E-state index is 13.9. The van der Waals surface area contributed by atoms with E-state index in [-0.39, 0.29) is 55.5 Å². The van der Waals surface area contributed by atoms with Crippen LogP contribution < -0.4 is 27.4 Å². The van der Waals surface area contributed by atoms with E-state index in [1.165, 1.54) is 13.8 Å². The Kier molecular flexibility index (Phi) is 18.5. The van der Waals surface area contributed by atoms with Gasteiger partial charge in [-0.15, -0.1) is 0 Å². The van der Waals surface area contributed by atoms with Gasteiger partial charge < -0.3 is 27.4 Å². The summed E-state index contributed by atoms with van der Waals surface area (Å²) in [4.78, 5) is 90.9. The average molecular weight is 706 g/mol. The topological polar surface area (TPSA) is 208 Å². The molecule has 4 amide bonds. The Morgan fingerprint density at radius 1 is 0.686 bits per heavy atom. The summed E-state index contributed by atoms with van der Waals surface area (Å²) in [6.45, 7) is 6.85. The highest BCUT2D eigenvalue weighted by molar-refractivity contribution is 5.97. The van der Waals surface area contributed by atoms with Crippen LogP contribution in [0.2, 0.25) is 0 Å². The lowest BCUT2D eigenvalue weighted by Crippen LogP contribution is -2.49. The molecule has 0 radical (unpaired) electrons. The van der Waals surface area contributed by atoms with Crippen molar-refractivity contribution in [3.8, 4) is 0 Å². The van der Waals surface area contributed by atoms with Gasteiger partial charge in [0.15, 0.2) is 17.3 Å². The van der Waals surface area contributed by atoms with Crippen molar-refractivity contribution < 1.29 is 33.6 Å². The second-order valence-corrected chi connectivity index (χ2v) is 13.6. The molecule has 7 N–H and O–H groups in total. The molecule has 0 heterocycles. The fourth-order valence-corrected chi connectivity index (χ4v) is 5.82. The molecule has 0 spiro atoms. The third kappa shape index (κ3) is 15.8. The molecule has 0 aromatic heterocycles. The van der Waals surface area contributed by atoms with Gasteiger partial charge in [0, 0.05) is 31.1 Å². The number of primary amides is 1. The monoisotopic (exact) mass is 705 g/mol. The Morgan fingerprint density at radius 2 is 1.27 bits per heavy atom. The quantitative estimate of drug-likeness (QED) is 0.102. The zero-order valence-corrected chi connectivity index (χ0v) is 30.3. The number of carbonyl (C=O) groups excluding carboxylic acids is 7. The number of Topliss-reactive ketones (excluding diaryl/α,β-unsaturated/α-hetero) is 3. The largest absolute Gasteiger partial charge is 0.370 e. The van der Waals surface area contributed by atoms with Crippen molar-refractivity contribution in [3.63, 3.8) is 0 Å². The van der Waals surface area contributed by atoms with Crippen molar-refractivity contribution in [3.05, 3.63) is 71.8 Å². The van der Waals surface area contributed by atoms with Crippen LogP contribution in [0.3, 0.4) is 0 Å². The molecule has 278 valence electrons. The van der Waals surface area contributed by atoms with Crippen LogP contribution in [0.5, 0.6) is 0 Å². The van der Waals surface area contributed by atoms with Crippen molar-refractivity contribution >= 4 is 41.0 Å². The number of unbranched alkanes of at least 4 members (excludes halogenated alkanes) is 1. The van der Waals surface area contributed by atoms with Crippen molar-refractivity contribution in [1.29, 1.82) is 0 Å². The summed E-state index contributed by atoms with van der Waals surface area (Å²) in [5.74, 6) is -5.35. The Bertz CT molecular complexity index is 1460. The van der Waals surface area contributed by atoms with Gasteiger partial charge in [-0.1, -0.05) is 87.9 Å². The number of benzene rings is 2. The molecule has 2 rings (SSSR count). The second kappa shape index (κ2) is 22.2. The van der Waals surface area contributed by atoms with E-state index in [0.29, 0.717) is 25.8 Å². The summed E-state index contributed by atoms with van der Waals surface area (Å²) >= 11 is 0. The second-order valence-electron chi connectivity index (χ2n) is 13.6. The summed E-state index contributed by atoms with van der Waals surface area (Å²) < 4.78 is 0. The molecule has 0 saturated heterocycles. The predicted molar refractivity (Wildman–Crippen MR) is 195 cm³/mol. The SMILES string of the molecule is CC(=O)[C@@H](NC(=O)C(C)CC(=O)[C@H](CC(N)=O)NC(=O)[C@H](CCCCN)CC(=O)[C@H](Cc1ccccc1)NC(=O)CCc1ccccc1)C(C)C. The Labute approximate surface area is 301 Å². The fraction of sp³-hybridized carbons (Fsp3) is 0.513. The van der Waals surface area contributed by atoms with Gasteiger partial charge in [0.25, 0.3) is 0 Å². The first-order valence-electron chi connectivity index (χ1n) is 17.7. The van der Waals surface area contributed by atoms with Gasteiger partial charge in [0.05, 0.1) is 24.5 Å². The van der Waals surface area contributed by atoms with Gasteiger partial charge in [0.2, 0.25) is 23.6 Å². The van der Waals surface area contributed by atoms with Gasteiger partial charge in [-0.25, -0.2) is 0 Å². The number of hydrogen-bond donors (Lipinski definition) is 5. The van der Waals surface area contributed by atoms with Gasteiger partial charge in [-0.2, -0.15) is 0 Å². The van der Waals surface area contributed by atoms with E-state index in [9.17, 15) is 33.6 Å². The van der Waals surface area contributed by atoms with Gasteiger partial charge in [-0.3, -0.25) is 33.6 Å². The molecule has 0 aliphatic heterocycles. The van der Waals surface area contributed by atoms with Crippen molar-refractivity contribution in [2.24, 2.45) is 29.2 Å². The van der Waals surface area contributed by atoms with Crippen LogP contribution in [0, 0.1) is 17.8 Å². The molecule has 0 fully saturated rings. The van der Waals surface area contributed by atoms with Crippen LogP contribution in [-0.2, 0) is 46.4 Å². The number of carbonyl (C=O) groups is 7. The Hall–Kier alpha value is -4.71. The van der Waals surface area contributed by atoms with E-state index in [4.69, 9.17) is 11.5 Å². The Balaban J connectivity index is 2.22. The highest BCUT2D eigenvalue weighted by atomic mass is 16.2. The minimum Gasteiger partial charge on any atom is -0.370 e. The van der Waals surface area contributed by atoms with Gasteiger partial charge >= 0.3 is 0 Å². The molecule has 51 heavy (non-hydrogen) atoms. The number of nitrogens with one attached hydrogen (secondary N) is 3. The number of hydrogen-bond acceptors (Lipinski definition) is 8. The first kappa shape index (κ1) is 42.5. The summed E-state index contributed by atoms with van der Waals surface area (Å²) in [5, 5.41) is 8.17. The highest BCUT2D eigenvalue weighted by Gasteiger charge is 2.32. The minimum absolute atomic E-state index is 0.162. The fourth-order valence-electron chi connectivity index (χ4n) is 5.82. The number of aryl methyl sites for hydroxylation is 1. The molecule has 0 saturated carbocycles. The standard InChI is InChI=1S/C39H55N5O7/c1-25(2)37(27(4)45)44-38(50)26(3)21-33(46)32(24-35(41)48)43-39(51)30(17-11-12-20-40)23-34(47)31(22-29-15-9-6-10-16-29)42-36(49)19-18-28-13-7-5-8-14-28/h5-10,13-16,25-26,30-32,37H,11-12,17-24,40H2,1-4H3,(H2,41,48)(H,42,49)(H,43,51)(H,44,50)/t26?,30-,31+,32+,37+/m1/s1. The molecule has 5 atom stereocenters. The minimum atomic E-state index is -1.33. The number of amides is 4. The first-order chi connectivity index (χ1) is 24.2. The molecule has 0 bridgehead atoms. The summed E-state index contributed by atoms with van der Waals surface area (Å²) in [6.07, 6.45) is 1.21. The number of nitrogens with two attached hydrogens (primary N) is 2. The molecule has 0 aliphatic rings. The third-order valence-electron chi connectivity index (χ3n) is 8.78. The summed E-state index contributed by atoms with van der Waals surface area (Å²) in [6, 6.07) is 15.8. The molecule has 12 nitrogen and oxygen atoms in total. The van der Waals surface area contributed by atoms with Crippen molar-refractivity contribution in [2.45, 2.75) is 104 Å². The lowest BCUT2D eigenvalue weighted by molar-refractivity contribution is -0.136. The van der Waals surface area contributed by atoms with E-state index >= 15 is 0 Å². The van der Waals surface area contributed by atoms with Crippen molar-refractivity contribution in [2.75, 3.05) is 6.54 Å². The van der Waals surface area contributed by atoms with Gasteiger partial charge in [-0.05, 0) is 56.2 Å². The molecule has 1 unspecified atom stereocenters.